The summed E-state index contributed by atoms with van der Waals surface area (Å²) in [5, 5.41) is 8.56. The smallest absolute Gasteiger partial charge is 0.273 e. The highest BCUT2D eigenvalue weighted by Crippen LogP contribution is 2.31. The van der Waals surface area contributed by atoms with Crippen molar-refractivity contribution in [1.82, 2.24) is 16.0 Å². The molecule has 3 heterocycles. The second-order valence-electron chi connectivity index (χ2n) is 5.55. The van der Waals surface area contributed by atoms with Gasteiger partial charge in [0.1, 0.15) is 5.70 Å². The third-order valence-corrected chi connectivity index (χ3v) is 5.23. The minimum absolute atomic E-state index is 0.00584. The lowest BCUT2D eigenvalue weighted by Crippen LogP contribution is -2.31. The molecule has 2 aliphatic heterocycles. The number of hydrogen-bond acceptors (Lipinski definition) is 4. The summed E-state index contributed by atoms with van der Waals surface area (Å²) in [6.45, 7) is 0.678. The summed E-state index contributed by atoms with van der Waals surface area (Å²) in [4.78, 5) is 25.6. The molecule has 1 fully saturated rings. The first kappa shape index (κ1) is 15.0. The van der Waals surface area contributed by atoms with Crippen molar-refractivity contribution in [3.63, 3.8) is 0 Å². The summed E-state index contributed by atoms with van der Waals surface area (Å²) in [6.07, 6.45) is 2.63. The van der Waals surface area contributed by atoms with Gasteiger partial charge in [-0.25, -0.2) is 0 Å². The maximum Gasteiger partial charge on any atom is 0.273 e. The number of thiocarbonyl (C=S) groups is 1. The zero-order chi connectivity index (χ0) is 16.7. The van der Waals surface area contributed by atoms with E-state index < -0.39 is 0 Å². The van der Waals surface area contributed by atoms with E-state index in [4.69, 9.17) is 12.2 Å². The van der Waals surface area contributed by atoms with E-state index in [-0.39, 0.29) is 11.8 Å². The van der Waals surface area contributed by atoms with E-state index in [0.717, 1.165) is 32.9 Å². The molecular formula is C17H13N3O2S2. The van der Waals surface area contributed by atoms with Crippen LogP contribution >= 0.6 is 23.6 Å². The summed E-state index contributed by atoms with van der Waals surface area (Å²) in [5.41, 5.74) is 3.36. The molecule has 7 heteroatoms. The summed E-state index contributed by atoms with van der Waals surface area (Å²) in [7, 11) is 0. The van der Waals surface area contributed by atoms with E-state index in [2.05, 4.69) is 22.0 Å². The predicted octanol–water partition coefficient (Wildman–Crippen LogP) is 2.05. The van der Waals surface area contributed by atoms with E-state index in [1.165, 1.54) is 0 Å². The normalized spacial score (nSPS) is 18.2. The number of carbonyl (C=O) groups excluding carboxylic acids is 2. The highest BCUT2D eigenvalue weighted by Gasteiger charge is 2.20. The van der Waals surface area contributed by atoms with Gasteiger partial charge < -0.3 is 10.6 Å². The summed E-state index contributed by atoms with van der Waals surface area (Å²) >= 11 is 6.51. The Balaban J connectivity index is 1.64. The molecule has 0 aliphatic carbocycles. The lowest BCUT2D eigenvalue weighted by atomic mass is 9.97. The van der Waals surface area contributed by atoms with Crippen molar-refractivity contribution < 1.29 is 9.59 Å². The molecule has 0 unspecified atom stereocenters. The third-order valence-electron chi connectivity index (χ3n) is 3.95. The number of nitrogens with one attached hydrogen (secondary N) is 3. The molecule has 1 aromatic carbocycles. The Labute approximate surface area is 147 Å². The summed E-state index contributed by atoms with van der Waals surface area (Å²) in [5.74, 6) is -0.219. The van der Waals surface area contributed by atoms with Crippen molar-refractivity contribution in [1.29, 1.82) is 0 Å². The van der Waals surface area contributed by atoms with Crippen LogP contribution in [-0.4, -0.2) is 23.5 Å². The number of hydrogen-bond donors (Lipinski definition) is 3. The van der Waals surface area contributed by atoms with Crippen LogP contribution in [0, 0.1) is 0 Å². The van der Waals surface area contributed by atoms with Crippen LogP contribution in [0.4, 0.5) is 0 Å². The molecule has 1 aromatic heterocycles. The van der Waals surface area contributed by atoms with Crippen molar-refractivity contribution in [2.24, 2.45) is 0 Å². The molecule has 0 radical (unpaired) electrons. The van der Waals surface area contributed by atoms with Crippen molar-refractivity contribution in [3.05, 3.63) is 52.0 Å². The Hall–Kier alpha value is -2.51. The number of thiophene rings is 1. The summed E-state index contributed by atoms with van der Waals surface area (Å²) in [6, 6.07) is 9.90. The maximum absolute atomic E-state index is 11.8. The molecule has 0 bridgehead atoms. The van der Waals surface area contributed by atoms with Gasteiger partial charge in [-0.05, 0) is 60.1 Å². The van der Waals surface area contributed by atoms with Crippen LogP contribution in [0.1, 0.15) is 20.8 Å². The van der Waals surface area contributed by atoms with Crippen LogP contribution in [0.15, 0.2) is 36.0 Å². The van der Waals surface area contributed by atoms with Crippen LogP contribution in [0.2, 0.25) is 0 Å². The largest absolute Gasteiger partial charge is 0.352 e. The lowest BCUT2D eigenvalue weighted by molar-refractivity contribution is -0.115. The number of rotatable bonds is 2. The SMILES string of the molecule is O=C1NC(=S)N/C1=C/c1ccc(-c2ccc3c(c2)CCNC3=O)s1. The molecule has 3 N–H and O–H groups in total. The fourth-order valence-electron chi connectivity index (χ4n) is 2.79. The minimum Gasteiger partial charge on any atom is -0.352 e. The van der Waals surface area contributed by atoms with Crippen LogP contribution in [0.25, 0.3) is 16.5 Å². The molecule has 24 heavy (non-hydrogen) atoms. The van der Waals surface area contributed by atoms with Gasteiger partial charge in [-0.1, -0.05) is 6.07 Å². The Morgan fingerprint density at radius 2 is 1.96 bits per heavy atom. The molecule has 2 aromatic rings. The summed E-state index contributed by atoms with van der Waals surface area (Å²) < 4.78 is 0. The Kier molecular flexibility index (Phi) is 3.66. The molecule has 2 amide bonds. The molecule has 5 nitrogen and oxygen atoms in total. The van der Waals surface area contributed by atoms with Gasteiger partial charge in [-0.15, -0.1) is 11.3 Å². The van der Waals surface area contributed by atoms with E-state index >= 15 is 0 Å². The van der Waals surface area contributed by atoms with Crippen molar-refractivity contribution in [3.8, 4) is 10.4 Å². The molecular weight excluding hydrogens is 342 g/mol. The van der Waals surface area contributed by atoms with E-state index in [1.54, 1.807) is 17.4 Å². The Morgan fingerprint density at radius 1 is 1.08 bits per heavy atom. The van der Waals surface area contributed by atoms with Crippen LogP contribution in [-0.2, 0) is 11.2 Å². The van der Waals surface area contributed by atoms with Crippen molar-refractivity contribution >= 4 is 46.6 Å². The van der Waals surface area contributed by atoms with Crippen molar-refractivity contribution in [2.75, 3.05) is 6.54 Å². The second-order valence-corrected chi connectivity index (χ2v) is 7.07. The van der Waals surface area contributed by atoms with E-state index in [1.807, 2.05) is 24.3 Å². The fraction of sp³-hybridized carbons (Fsp3) is 0.118. The Morgan fingerprint density at radius 3 is 2.75 bits per heavy atom. The first-order valence-corrected chi connectivity index (χ1v) is 8.68. The number of carbonyl (C=O) groups is 2. The van der Waals surface area contributed by atoms with Crippen LogP contribution in [0.5, 0.6) is 0 Å². The topological polar surface area (TPSA) is 70.2 Å². The van der Waals surface area contributed by atoms with Crippen LogP contribution < -0.4 is 16.0 Å². The third kappa shape index (κ3) is 2.72. The molecule has 1 saturated heterocycles. The van der Waals surface area contributed by atoms with Gasteiger partial charge in [0.15, 0.2) is 5.11 Å². The van der Waals surface area contributed by atoms with Crippen LogP contribution in [0.3, 0.4) is 0 Å². The van der Waals surface area contributed by atoms with E-state index in [0.29, 0.717) is 17.4 Å². The number of amides is 2. The monoisotopic (exact) mass is 355 g/mol. The second kappa shape index (κ2) is 5.85. The Bertz CT molecular complexity index is 914. The van der Waals surface area contributed by atoms with Gasteiger partial charge in [0.2, 0.25) is 0 Å². The van der Waals surface area contributed by atoms with Gasteiger partial charge in [-0.3, -0.25) is 14.9 Å². The van der Waals surface area contributed by atoms with Gasteiger partial charge in [0.05, 0.1) is 0 Å². The molecule has 0 saturated carbocycles. The molecule has 2 aliphatic rings. The minimum atomic E-state index is -0.213. The van der Waals surface area contributed by atoms with Gasteiger partial charge in [0.25, 0.3) is 11.8 Å². The average Bonchev–Trinajstić information content (AvgIpc) is 3.14. The van der Waals surface area contributed by atoms with E-state index in [9.17, 15) is 9.59 Å². The van der Waals surface area contributed by atoms with Gasteiger partial charge >= 0.3 is 0 Å². The number of benzene rings is 1. The number of fused-ring (bicyclic) bond motifs is 1. The quantitative estimate of drug-likeness (QED) is 0.570. The first-order chi connectivity index (χ1) is 11.6. The van der Waals surface area contributed by atoms with Crippen molar-refractivity contribution in [2.45, 2.75) is 6.42 Å². The zero-order valence-electron chi connectivity index (χ0n) is 12.5. The zero-order valence-corrected chi connectivity index (χ0v) is 14.1. The fourth-order valence-corrected chi connectivity index (χ4v) is 3.94. The molecule has 0 spiro atoms. The highest BCUT2D eigenvalue weighted by molar-refractivity contribution is 7.80. The molecule has 120 valence electrons. The lowest BCUT2D eigenvalue weighted by Gasteiger charge is -2.16. The average molecular weight is 355 g/mol. The van der Waals surface area contributed by atoms with Gasteiger partial charge in [0, 0.05) is 21.9 Å². The predicted molar refractivity (Wildman–Crippen MR) is 97.6 cm³/mol. The highest BCUT2D eigenvalue weighted by atomic mass is 32.1. The van der Waals surface area contributed by atoms with Gasteiger partial charge in [-0.2, -0.15) is 0 Å². The molecule has 0 atom stereocenters. The first-order valence-electron chi connectivity index (χ1n) is 7.45. The maximum atomic E-state index is 11.8. The standard InChI is InChI=1S/C17H13N3O2S2/c21-15-12-3-1-10(7-9(12)5-6-18-15)14-4-2-11(24-14)8-13-16(22)20-17(23)19-13/h1-4,7-8H,5-6H2,(H,18,21)(H2,19,20,22,23)/b13-8+. The molecule has 4 rings (SSSR count).